The minimum absolute atomic E-state index is 0.0344. The van der Waals surface area contributed by atoms with Crippen LogP contribution < -0.4 is 10.2 Å². The molecule has 0 saturated heterocycles. The molecule has 202 valence electrons. The van der Waals surface area contributed by atoms with E-state index in [1.165, 1.54) is 6.08 Å². The van der Waals surface area contributed by atoms with Gasteiger partial charge in [0.05, 0.1) is 16.8 Å². The van der Waals surface area contributed by atoms with Gasteiger partial charge in [-0.3, -0.25) is 14.4 Å². The molecule has 1 saturated carbocycles. The fourth-order valence-electron chi connectivity index (χ4n) is 5.72. The normalized spacial score (nSPS) is 19.5. The second kappa shape index (κ2) is 11.8. The van der Waals surface area contributed by atoms with Crippen molar-refractivity contribution in [2.24, 2.45) is 5.92 Å². The number of aliphatic hydroxyl groups excluding tert-OH is 1. The number of carbonyl (C=O) groups excluding carboxylic acids is 3. The minimum Gasteiger partial charge on any atom is -0.506 e. The van der Waals surface area contributed by atoms with Gasteiger partial charge in [0.15, 0.2) is 5.78 Å². The Balaban J connectivity index is 1.68. The van der Waals surface area contributed by atoms with E-state index in [9.17, 15) is 19.5 Å². The second-order valence-corrected chi connectivity index (χ2v) is 10.1. The van der Waals surface area contributed by atoms with Crippen LogP contribution in [0.5, 0.6) is 0 Å². The zero-order valence-corrected chi connectivity index (χ0v) is 23.0. The van der Waals surface area contributed by atoms with Gasteiger partial charge in [0.2, 0.25) is 11.7 Å². The smallest absolute Gasteiger partial charge is 0.224 e. The molecule has 4 rings (SSSR count). The zero-order chi connectivity index (χ0) is 27.4. The molecule has 3 aliphatic rings. The predicted molar refractivity (Wildman–Crippen MR) is 152 cm³/mol. The average Bonchev–Trinajstić information content (AvgIpc) is 3.41. The number of likely N-dealkylation sites (N-methyl/N-ethyl adjacent to an activating group) is 1. The topological polar surface area (TPSA) is 90.0 Å². The molecule has 0 aromatic heterocycles. The number of aliphatic hydroxyl groups is 1. The van der Waals surface area contributed by atoms with Crippen LogP contribution in [0.4, 0.5) is 11.4 Å². The van der Waals surface area contributed by atoms with E-state index in [1.807, 2.05) is 32.1 Å². The lowest BCUT2D eigenvalue weighted by molar-refractivity contribution is -0.117. The number of allylic oxidation sites excluding steroid dienone is 6. The highest BCUT2D eigenvalue weighted by Gasteiger charge is 2.39. The van der Waals surface area contributed by atoms with E-state index in [4.69, 9.17) is 0 Å². The van der Waals surface area contributed by atoms with Crippen molar-refractivity contribution in [3.63, 3.8) is 0 Å². The molecular formula is C31H39N3O4. The Morgan fingerprint density at radius 2 is 1.61 bits per heavy atom. The first-order chi connectivity index (χ1) is 18.3. The van der Waals surface area contributed by atoms with Crippen molar-refractivity contribution in [2.45, 2.75) is 59.8 Å². The standard InChI is InChI=1S/C31H39N3O4/c1-5-33(6-2)21-13-15-23(25(18-21)32-27(36)17-20-11-9-10-12-20)28-30(37)29(31(28)38)24-16-14-22(19-26(24)35)34(7-3)8-4/h13-16,18-20,37H,5-12,17H2,1-4H3,(H,32,36). The van der Waals surface area contributed by atoms with Crippen molar-refractivity contribution in [3.8, 4) is 0 Å². The van der Waals surface area contributed by atoms with Crippen LogP contribution in [-0.2, 0) is 14.4 Å². The number of benzene rings is 1. The largest absolute Gasteiger partial charge is 0.506 e. The number of hydrogen-bond acceptors (Lipinski definition) is 6. The molecule has 0 atom stereocenters. The second-order valence-electron chi connectivity index (χ2n) is 10.1. The first-order valence-electron chi connectivity index (χ1n) is 13.9. The van der Waals surface area contributed by atoms with Gasteiger partial charge >= 0.3 is 0 Å². The molecule has 7 heteroatoms. The van der Waals surface area contributed by atoms with E-state index in [2.05, 4.69) is 29.0 Å². The molecule has 1 fully saturated rings. The highest BCUT2D eigenvalue weighted by molar-refractivity contribution is 6.42. The summed E-state index contributed by atoms with van der Waals surface area (Å²) in [6.07, 6.45) is 9.83. The van der Waals surface area contributed by atoms with Gasteiger partial charge in [-0.2, -0.15) is 0 Å². The number of carbonyl (C=O) groups is 3. The fourth-order valence-corrected chi connectivity index (χ4v) is 5.72. The molecule has 0 radical (unpaired) electrons. The maximum atomic E-state index is 13.4. The Hall–Kier alpha value is -3.61. The Bertz CT molecular complexity index is 1240. The van der Waals surface area contributed by atoms with E-state index in [-0.39, 0.29) is 34.2 Å². The highest BCUT2D eigenvalue weighted by atomic mass is 16.3. The summed E-state index contributed by atoms with van der Waals surface area (Å²) in [4.78, 5) is 43.5. The van der Waals surface area contributed by atoms with Crippen LogP contribution >= 0.6 is 0 Å². The van der Waals surface area contributed by atoms with E-state index in [0.29, 0.717) is 23.6 Å². The molecule has 3 aliphatic carbocycles. The zero-order valence-electron chi connectivity index (χ0n) is 23.0. The van der Waals surface area contributed by atoms with E-state index < -0.39 is 5.78 Å². The molecule has 0 heterocycles. The minimum atomic E-state index is -0.392. The molecule has 0 unspecified atom stereocenters. The van der Waals surface area contributed by atoms with Crippen molar-refractivity contribution >= 4 is 34.4 Å². The quantitative estimate of drug-likeness (QED) is 0.395. The molecule has 38 heavy (non-hydrogen) atoms. The van der Waals surface area contributed by atoms with Gasteiger partial charge in [-0.1, -0.05) is 12.8 Å². The van der Waals surface area contributed by atoms with Gasteiger partial charge < -0.3 is 20.2 Å². The Morgan fingerprint density at radius 3 is 2.18 bits per heavy atom. The van der Waals surface area contributed by atoms with Gasteiger partial charge in [0, 0.05) is 61.2 Å². The number of hydrogen-bond donors (Lipinski definition) is 2. The van der Waals surface area contributed by atoms with Crippen LogP contribution in [0.3, 0.4) is 0 Å². The van der Waals surface area contributed by atoms with Gasteiger partial charge in [-0.05, 0) is 76.8 Å². The molecule has 1 aromatic rings. The lowest BCUT2D eigenvalue weighted by Crippen LogP contribution is -2.28. The Kier molecular flexibility index (Phi) is 8.55. The summed E-state index contributed by atoms with van der Waals surface area (Å²) < 4.78 is 0. The van der Waals surface area contributed by atoms with Crippen molar-refractivity contribution in [1.82, 2.24) is 4.90 Å². The first kappa shape index (κ1) is 27.4. The van der Waals surface area contributed by atoms with Crippen molar-refractivity contribution < 1.29 is 19.5 Å². The third kappa shape index (κ3) is 5.33. The van der Waals surface area contributed by atoms with Crippen LogP contribution in [0.15, 0.2) is 59.0 Å². The van der Waals surface area contributed by atoms with E-state index >= 15 is 0 Å². The Labute approximate surface area is 225 Å². The molecular weight excluding hydrogens is 478 g/mol. The summed E-state index contributed by atoms with van der Waals surface area (Å²) in [5, 5.41) is 14.1. The van der Waals surface area contributed by atoms with E-state index in [0.717, 1.165) is 63.2 Å². The Morgan fingerprint density at radius 1 is 0.947 bits per heavy atom. The monoisotopic (exact) mass is 517 g/mol. The molecule has 0 aliphatic heterocycles. The van der Waals surface area contributed by atoms with Crippen molar-refractivity contribution in [3.05, 3.63) is 64.6 Å². The van der Waals surface area contributed by atoms with Crippen LogP contribution in [0.1, 0.15) is 65.4 Å². The van der Waals surface area contributed by atoms with Crippen molar-refractivity contribution in [1.29, 1.82) is 0 Å². The number of amides is 1. The van der Waals surface area contributed by atoms with Gasteiger partial charge in [-0.25, -0.2) is 0 Å². The molecule has 1 aromatic carbocycles. The lowest BCUT2D eigenvalue weighted by atomic mass is 9.78. The number of ketones is 2. The third-order valence-electron chi connectivity index (χ3n) is 7.91. The molecule has 7 nitrogen and oxygen atoms in total. The lowest BCUT2D eigenvalue weighted by Gasteiger charge is -2.28. The number of anilines is 2. The van der Waals surface area contributed by atoms with Crippen LogP contribution in [0.25, 0.3) is 5.57 Å². The summed E-state index contributed by atoms with van der Waals surface area (Å²) in [5.74, 6) is -0.594. The van der Waals surface area contributed by atoms with Crippen LogP contribution in [-0.4, -0.2) is 53.7 Å². The summed E-state index contributed by atoms with van der Waals surface area (Å²) in [7, 11) is 0. The molecule has 0 spiro atoms. The highest BCUT2D eigenvalue weighted by Crippen LogP contribution is 2.43. The van der Waals surface area contributed by atoms with Crippen LogP contribution in [0, 0.1) is 5.92 Å². The molecule has 1 amide bonds. The number of nitrogens with one attached hydrogen (secondary N) is 1. The van der Waals surface area contributed by atoms with Gasteiger partial charge in [-0.15, -0.1) is 0 Å². The third-order valence-corrected chi connectivity index (χ3v) is 7.91. The van der Waals surface area contributed by atoms with Gasteiger partial charge in [0.1, 0.15) is 5.76 Å². The van der Waals surface area contributed by atoms with Crippen molar-refractivity contribution in [2.75, 3.05) is 36.4 Å². The molecule has 0 bridgehead atoms. The number of rotatable bonds is 10. The maximum absolute atomic E-state index is 13.4. The SMILES string of the molecule is CCN(CC)C1=CC(=O)C(=C2C(=O)C(c3ccc(N(CC)CC)cc3NC(=O)CC3CCCC3)=C2O)C=C1. The summed E-state index contributed by atoms with van der Waals surface area (Å²) in [6, 6.07) is 5.55. The number of Topliss-reactive ketones (excluding diaryl/α,β-unsaturated/α-hetero) is 1. The predicted octanol–water partition coefficient (Wildman–Crippen LogP) is 5.56. The van der Waals surface area contributed by atoms with Crippen LogP contribution in [0.2, 0.25) is 0 Å². The summed E-state index contributed by atoms with van der Waals surface area (Å²) >= 11 is 0. The van der Waals surface area contributed by atoms with Gasteiger partial charge in [0.25, 0.3) is 0 Å². The average molecular weight is 518 g/mol. The maximum Gasteiger partial charge on any atom is 0.224 e. The summed E-state index contributed by atoms with van der Waals surface area (Å²) in [6.45, 7) is 11.3. The number of nitrogens with zero attached hydrogens (tertiary/aromatic N) is 2. The fraction of sp³-hybridized carbons (Fsp3) is 0.452. The van der Waals surface area contributed by atoms with E-state index in [1.54, 1.807) is 12.1 Å². The molecule has 2 N–H and O–H groups in total. The first-order valence-corrected chi connectivity index (χ1v) is 13.9. The summed E-state index contributed by atoms with van der Waals surface area (Å²) in [5.41, 5.74) is 3.06.